The monoisotopic (exact) mass is 237 g/mol. The van der Waals surface area contributed by atoms with Gasteiger partial charge in [0.25, 0.3) is 0 Å². The zero-order chi connectivity index (χ0) is 11.9. The van der Waals surface area contributed by atoms with Crippen LogP contribution in [0.4, 0.5) is 0 Å². The molecule has 2 heteroatoms. The van der Waals surface area contributed by atoms with Crippen LogP contribution in [0.2, 0.25) is 0 Å². The number of hydrogen-bond donors (Lipinski definition) is 0. The molecule has 0 aromatic heterocycles. The van der Waals surface area contributed by atoms with Gasteiger partial charge < -0.3 is 0 Å². The Hall–Kier alpha value is -1.90. The summed E-state index contributed by atoms with van der Waals surface area (Å²) < 4.78 is 0. The van der Waals surface area contributed by atoms with E-state index in [4.69, 9.17) is 5.26 Å². The average molecular weight is 237 g/mol. The minimum Gasteiger partial charge on any atom is -0.193 e. The van der Waals surface area contributed by atoms with Gasteiger partial charge in [0.15, 0.2) is 0 Å². The van der Waals surface area contributed by atoms with Crippen molar-refractivity contribution in [3.05, 3.63) is 72.6 Å². The molecule has 82 valence electrons. The summed E-state index contributed by atoms with van der Waals surface area (Å²) in [7, 11) is -0.560. The Bertz CT molecular complexity index is 486. The van der Waals surface area contributed by atoms with Crippen LogP contribution in [0.15, 0.2) is 72.6 Å². The average Bonchev–Trinajstić information content (AvgIpc) is 2.42. The molecule has 0 radical (unpaired) electrons. The molecule has 2 aromatic carbocycles. The second-order valence-electron chi connectivity index (χ2n) is 3.49. The number of nitriles is 1. The Morgan fingerprint density at radius 2 is 1.29 bits per heavy atom. The summed E-state index contributed by atoms with van der Waals surface area (Å²) in [5.74, 6) is 2.00. The predicted octanol–water partition coefficient (Wildman–Crippen LogP) is 3.16. The first-order valence-corrected chi connectivity index (χ1v) is 6.78. The quantitative estimate of drug-likeness (QED) is 0.594. The summed E-state index contributed by atoms with van der Waals surface area (Å²) in [5, 5.41) is 11.2. The fourth-order valence-corrected chi connectivity index (χ4v) is 3.45. The van der Waals surface area contributed by atoms with Gasteiger partial charge in [-0.2, -0.15) is 5.26 Å². The highest BCUT2D eigenvalue weighted by atomic mass is 31.1. The minimum absolute atomic E-state index is 0.560. The van der Waals surface area contributed by atoms with Crippen molar-refractivity contribution in [1.82, 2.24) is 0 Å². The van der Waals surface area contributed by atoms with E-state index in [2.05, 4.69) is 30.3 Å². The van der Waals surface area contributed by atoms with Crippen LogP contribution in [0.3, 0.4) is 0 Å². The maximum atomic E-state index is 8.68. The predicted molar refractivity (Wildman–Crippen MR) is 73.8 cm³/mol. The van der Waals surface area contributed by atoms with Gasteiger partial charge in [-0.1, -0.05) is 60.7 Å². The van der Waals surface area contributed by atoms with Crippen molar-refractivity contribution in [2.45, 2.75) is 0 Å². The molecule has 0 spiro atoms. The molecular formula is C15H12NP. The highest BCUT2D eigenvalue weighted by Gasteiger charge is 2.08. The molecule has 0 saturated heterocycles. The van der Waals surface area contributed by atoms with Crippen molar-refractivity contribution in [1.29, 1.82) is 5.26 Å². The Kier molecular flexibility index (Phi) is 4.08. The number of nitrogens with zero attached hydrogens (tertiary/aromatic N) is 1. The molecule has 0 heterocycles. The van der Waals surface area contributed by atoms with E-state index in [1.807, 2.05) is 42.2 Å². The summed E-state index contributed by atoms with van der Waals surface area (Å²) in [4.78, 5) is 0. The third kappa shape index (κ3) is 3.03. The first kappa shape index (κ1) is 11.6. The third-order valence-electron chi connectivity index (χ3n) is 2.37. The smallest absolute Gasteiger partial charge is 0.0912 e. The lowest BCUT2D eigenvalue weighted by atomic mass is 10.4. The fourth-order valence-electron chi connectivity index (χ4n) is 1.61. The second kappa shape index (κ2) is 5.99. The Balaban J connectivity index is 2.40. The molecule has 0 fully saturated rings. The van der Waals surface area contributed by atoms with E-state index < -0.39 is 7.92 Å². The van der Waals surface area contributed by atoms with Crippen LogP contribution in [-0.4, -0.2) is 0 Å². The highest BCUT2D eigenvalue weighted by Crippen LogP contribution is 2.34. The van der Waals surface area contributed by atoms with Crippen LogP contribution < -0.4 is 10.6 Å². The molecule has 0 bridgehead atoms. The van der Waals surface area contributed by atoms with Gasteiger partial charge in [0.2, 0.25) is 0 Å². The van der Waals surface area contributed by atoms with Gasteiger partial charge in [-0.25, -0.2) is 0 Å². The highest BCUT2D eigenvalue weighted by molar-refractivity contribution is 7.75. The molecular weight excluding hydrogens is 225 g/mol. The van der Waals surface area contributed by atoms with E-state index in [1.54, 1.807) is 6.08 Å². The summed E-state index contributed by atoms with van der Waals surface area (Å²) >= 11 is 0. The van der Waals surface area contributed by atoms with E-state index >= 15 is 0 Å². The number of allylic oxidation sites excluding steroid dienone is 1. The minimum atomic E-state index is -0.560. The van der Waals surface area contributed by atoms with Gasteiger partial charge in [0.05, 0.1) is 6.07 Å². The van der Waals surface area contributed by atoms with E-state index in [0.717, 1.165) is 0 Å². The summed E-state index contributed by atoms with van der Waals surface area (Å²) in [5.41, 5.74) is 0. The second-order valence-corrected chi connectivity index (χ2v) is 5.56. The molecule has 0 N–H and O–H groups in total. The van der Waals surface area contributed by atoms with Crippen molar-refractivity contribution in [3.63, 3.8) is 0 Å². The van der Waals surface area contributed by atoms with Gasteiger partial charge in [-0.3, -0.25) is 0 Å². The number of rotatable bonds is 3. The summed E-state index contributed by atoms with van der Waals surface area (Å²) in [6.45, 7) is 0. The van der Waals surface area contributed by atoms with Crippen molar-refractivity contribution in [2.24, 2.45) is 0 Å². The normalized spacial score (nSPS) is 10.6. The van der Waals surface area contributed by atoms with Gasteiger partial charge >= 0.3 is 0 Å². The molecule has 2 aromatic rings. The van der Waals surface area contributed by atoms with Gasteiger partial charge in [0.1, 0.15) is 0 Å². The number of hydrogen-bond acceptors (Lipinski definition) is 1. The summed E-state index contributed by atoms with van der Waals surface area (Å²) in [6.07, 6.45) is 1.58. The maximum absolute atomic E-state index is 8.68. The van der Waals surface area contributed by atoms with Crippen molar-refractivity contribution in [2.75, 3.05) is 0 Å². The molecule has 0 aliphatic rings. The Morgan fingerprint density at radius 3 is 1.71 bits per heavy atom. The molecule has 0 amide bonds. The number of benzene rings is 2. The van der Waals surface area contributed by atoms with Crippen LogP contribution in [0.5, 0.6) is 0 Å². The first-order chi connectivity index (χ1) is 8.42. The lowest BCUT2D eigenvalue weighted by Gasteiger charge is -2.13. The van der Waals surface area contributed by atoms with Gasteiger partial charge in [0, 0.05) is 6.08 Å². The largest absolute Gasteiger partial charge is 0.193 e. The van der Waals surface area contributed by atoms with Crippen LogP contribution >= 0.6 is 7.92 Å². The Labute approximate surface area is 103 Å². The third-order valence-corrected chi connectivity index (χ3v) is 4.52. The van der Waals surface area contributed by atoms with E-state index in [-0.39, 0.29) is 0 Å². The van der Waals surface area contributed by atoms with Gasteiger partial charge in [-0.15, -0.1) is 0 Å². The lowest BCUT2D eigenvalue weighted by Crippen LogP contribution is -2.09. The zero-order valence-corrected chi connectivity index (χ0v) is 10.2. The van der Waals surface area contributed by atoms with E-state index in [0.29, 0.717) is 0 Å². The molecule has 1 nitrogen and oxygen atoms in total. The lowest BCUT2D eigenvalue weighted by molar-refractivity contribution is 1.54. The van der Waals surface area contributed by atoms with Crippen molar-refractivity contribution >= 4 is 18.5 Å². The van der Waals surface area contributed by atoms with Crippen LogP contribution in [-0.2, 0) is 0 Å². The topological polar surface area (TPSA) is 23.8 Å². The van der Waals surface area contributed by atoms with E-state index in [9.17, 15) is 0 Å². The maximum Gasteiger partial charge on any atom is 0.0912 e. The SMILES string of the molecule is N#C/C=C/P(c1ccccc1)c1ccccc1. The fraction of sp³-hybridized carbons (Fsp3) is 0. The Morgan fingerprint density at radius 1 is 0.824 bits per heavy atom. The van der Waals surface area contributed by atoms with Crippen molar-refractivity contribution < 1.29 is 0 Å². The molecule has 0 unspecified atom stereocenters. The van der Waals surface area contributed by atoms with Crippen molar-refractivity contribution in [3.8, 4) is 6.07 Å². The van der Waals surface area contributed by atoms with E-state index in [1.165, 1.54) is 10.6 Å². The summed E-state index contributed by atoms with van der Waals surface area (Å²) in [6, 6.07) is 22.7. The van der Waals surface area contributed by atoms with Crippen LogP contribution in [0.25, 0.3) is 0 Å². The first-order valence-electron chi connectivity index (χ1n) is 5.37. The van der Waals surface area contributed by atoms with Crippen LogP contribution in [0.1, 0.15) is 0 Å². The van der Waals surface area contributed by atoms with Gasteiger partial charge in [-0.05, 0) is 24.3 Å². The molecule has 2 rings (SSSR count). The standard InChI is InChI=1S/C15H12NP/c16-12-7-13-17(14-8-3-1-4-9-14)15-10-5-2-6-11-15/h1-11,13H/b13-7+. The molecule has 17 heavy (non-hydrogen) atoms. The molecule has 0 aliphatic carbocycles. The van der Waals surface area contributed by atoms with Crippen LogP contribution in [0, 0.1) is 11.3 Å². The zero-order valence-electron chi connectivity index (χ0n) is 9.32. The molecule has 0 aliphatic heterocycles. The molecule has 0 saturated carbocycles. The molecule has 0 atom stereocenters.